The molecule has 1 saturated carbocycles. The Morgan fingerprint density at radius 2 is 1.54 bits per heavy atom. The first-order valence-electron chi connectivity index (χ1n) is 8.56. The molecule has 0 aliphatic heterocycles. The maximum atomic E-state index is 12.4. The van der Waals surface area contributed by atoms with Crippen LogP contribution < -0.4 is 10.6 Å². The summed E-state index contributed by atoms with van der Waals surface area (Å²) in [6.45, 7) is 0. The summed E-state index contributed by atoms with van der Waals surface area (Å²) in [6.07, 6.45) is 5.45. The van der Waals surface area contributed by atoms with Crippen molar-refractivity contribution < 1.29 is 9.59 Å². The van der Waals surface area contributed by atoms with Gasteiger partial charge < -0.3 is 10.6 Å². The first kappa shape index (κ1) is 18.7. The largest absolute Gasteiger partial charge is 0.348 e. The Morgan fingerprint density at radius 3 is 2.19 bits per heavy atom. The molecule has 0 radical (unpaired) electrons. The summed E-state index contributed by atoms with van der Waals surface area (Å²) in [4.78, 5) is 29.0. The van der Waals surface area contributed by atoms with E-state index in [1.807, 2.05) is 0 Å². The second kappa shape index (κ2) is 8.52. The molecule has 1 heterocycles. The molecule has 5 nitrogen and oxygen atoms in total. The molecule has 1 aromatic carbocycles. The van der Waals surface area contributed by atoms with Gasteiger partial charge in [0.05, 0.1) is 0 Å². The molecular formula is C19H19Cl2N3O2. The number of aromatic nitrogens is 1. The fraction of sp³-hybridized carbons (Fsp3) is 0.316. The topological polar surface area (TPSA) is 71.1 Å². The summed E-state index contributed by atoms with van der Waals surface area (Å²) in [6, 6.07) is 9.74. The van der Waals surface area contributed by atoms with Gasteiger partial charge in [0.25, 0.3) is 11.8 Å². The quantitative estimate of drug-likeness (QED) is 0.792. The van der Waals surface area contributed by atoms with Crippen molar-refractivity contribution in [2.24, 2.45) is 0 Å². The molecule has 2 N–H and O–H groups in total. The molecule has 136 valence electrons. The molecule has 0 unspecified atom stereocenters. The average molecular weight is 392 g/mol. The SMILES string of the molecule is O=C(Nc1cc(Cl)cc(Cl)c1)c1cccc(C(=O)NC2CCCCC2)n1. The maximum Gasteiger partial charge on any atom is 0.274 e. The number of benzene rings is 1. The smallest absolute Gasteiger partial charge is 0.274 e. The molecule has 2 amide bonds. The van der Waals surface area contributed by atoms with Crippen molar-refractivity contribution in [1.82, 2.24) is 10.3 Å². The summed E-state index contributed by atoms with van der Waals surface area (Å²) in [5.41, 5.74) is 0.844. The summed E-state index contributed by atoms with van der Waals surface area (Å²) >= 11 is 11.9. The molecule has 1 fully saturated rings. The van der Waals surface area contributed by atoms with Crippen LogP contribution in [0.2, 0.25) is 10.0 Å². The van der Waals surface area contributed by atoms with Gasteiger partial charge in [0.1, 0.15) is 11.4 Å². The van der Waals surface area contributed by atoms with Gasteiger partial charge in [-0.3, -0.25) is 9.59 Å². The molecule has 0 atom stereocenters. The van der Waals surface area contributed by atoms with Gasteiger partial charge in [0, 0.05) is 21.8 Å². The van der Waals surface area contributed by atoms with Crippen LogP contribution in [0.15, 0.2) is 36.4 Å². The third-order valence-electron chi connectivity index (χ3n) is 4.28. The van der Waals surface area contributed by atoms with Crippen LogP contribution in [0.1, 0.15) is 53.1 Å². The van der Waals surface area contributed by atoms with E-state index in [1.54, 1.807) is 36.4 Å². The fourth-order valence-electron chi connectivity index (χ4n) is 3.02. The molecule has 0 saturated heterocycles. The van der Waals surface area contributed by atoms with Crippen molar-refractivity contribution in [1.29, 1.82) is 0 Å². The number of carbonyl (C=O) groups is 2. The summed E-state index contributed by atoms with van der Waals surface area (Å²) < 4.78 is 0. The second-order valence-electron chi connectivity index (χ2n) is 6.33. The van der Waals surface area contributed by atoms with E-state index in [1.165, 1.54) is 6.42 Å². The van der Waals surface area contributed by atoms with E-state index in [2.05, 4.69) is 15.6 Å². The Hall–Kier alpha value is -2.11. The van der Waals surface area contributed by atoms with Gasteiger partial charge in [-0.2, -0.15) is 0 Å². The van der Waals surface area contributed by atoms with Crippen molar-refractivity contribution in [3.05, 3.63) is 57.8 Å². The van der Waals surface area contributed by atoms with Gasteiger partial charge in [-0.05, 0) is 43.2 Å². The average Bonchev–Trinajstić information content (AvgIpc) is 2.62. The van der Waals surface area contributed by atoms with Gasteiger partial charge in [-0.25, -0.2) is 4.98 Å². The van der Waals surface area contributed by atoms with Crippen LogP contribution in [0, 0.1) is 0 Å². The van der Waals surface area contributed by atoms with E-state index in [0.717, 1.165) is 25.7 Å². The van der Waals surface area contributed by atoms with Crippen LogP contribution in [0.4, 0.5) is 5.69 Å². The molecule has 0 bridgehead atoms. The number of nitrogens with one attached hydrogen (secondary N) is 2. The molecule has 7 heteroatoms. The Balaban J connectivity index is 1.69. The number of halogens is 2. The Morgan fingerprint density at radius 1 is 0.923 bits per heavy atom. The minimum absolute atomic E-state index is 0.150. The lowest BCUT2D eigenvalue weighted by atomic mass is 9.95. The predicted octanol–water partition coefficient (Wildman–Crippen LogP) is 4.70. The highest BCUT2D eigenvalue weighted by Crippen LogP contribution is 2.23. The molecule has 1 aromatic heterocycles. The normalized spacial score (nSPS) is 14.7. The number of hydrogen-bond donors (Lipinski definition) is 2. The second-order valence-corrected chi connectivity index (χ2v) is 7.20. The van der Waals surface area contributed by atoms with E-state index in [-0.39, 0.29) is 23.3 Å². The number of carbonyl (C=O) groups excluding carboxylic acids is 2. The molecule has 0 spiro atoms. The standard InChI is InChI=1S/C19H19Cl2N3O2/c20-12-9-13(21)11-15(10-12)23-19(26)17-8-4-7-16(24-17)18(25)22-14-5-2-1-3-6-14/h4,7-11,14H,1-3,5-6H2,(H,22,25)(H,23,26). The number of pyridine rings is 1. The van der Waals surface area contributed by atoms with Crippen molar-refractivity contribution in [2.75, 3.05) is 5.32 Å². The van der Waals surface area contributed by atoms with E-state index < -0.39 is 5.91 Å². The van der Waals surface area contributed by atoms with Crippen LogP contribution in [-0.4, -0.2) is 22.8 Å². The Bertz CT molecular complexity index is 800. The molecule has 1 aliphatic carbocycles. The first-order valence-corrected chi connectivity index (χ1v) is 9.32. The number of nitrogens with zero attached hydrogens (tertiary/aromatic N) is 1. The fourth-order valence-corrected chi connectivity index (χ4v) is 3.54. The summed E-state index contributed by atoms with van der Waals surface area (Å²) in [7, 11) is 0. The minimum atomic E-state index is -0.435. The van der Waals surface area contributed by atoms with Crippen LogP contribution >= 0.6 is 23.2 Å². The van der Waals surface area contributed by atoms with Gasteiger partial charge in [0.15, 0.2) is 0 Å². The molecule has 26 heavy (non-hydrogen) atoms. The van der Waals surface area contributed by atoms with Gasteiger partial charge >= 0.3 is 0 Å². The van der Waals surface area contributed by atoms with Crippen molar-refractivity contribution in [3.63, 3.8) is 0 Å². The van der Waals surface area contributed by atoms with E-state index >= 15 is 0 Å². The molecule has 3 rings (SSSR count). The third kappa shape index (κ3) is 4.96. The lowest BCUT2D eigenvalue weighted by Gasteiger charge is -2.22. The highest BCUT2D eigenvalue weighted by atomic mass is 35.5. The van der Waals surface area contributed by atoms with E-state index in [4.69, 9.17) is 23.2 Å². The van der Waals surface area contributed by atoms with E-state index in [9.17, 15) is 9.59 Å². The highest BCUT2D eigenvalue weighted by molar-refractivity contribution is 6.35. The molecule has 1 aliphatic rings. The number of rotatable bonds is 4. The molecule has 2 aromatic rings. The predicted molar refractivity (Wildman–Crippen MR) is 103 cm³/mol. The summed E-state index contributed by atoms with van der Waals surface area (Å²) in [5.74, 6) is -0.687. The molecular weight excluding hydrogens is 373 g/mol. The Labute approximate surface area is 162 Å². The van der Waals surface area contributed by atoms with Gasteiger partial charge in [0.2, 0.25) is 0 Å². The number of amides is 2. The van der Waals surface area contributed by atoms with Crippen molar-refractivity contribution >= 4 is 40.7 Å². The lowest BCUT2D eigenvalue weighted by Crippen LogP contribution is -2.36. The van der Waals surface area contributed by atoms with Crippen molar-refractivity contribution in [3.8, 4) is 0 Å². The number of anilines is 1. The third-order valence-corrected chi connectivity index (χ3v) is 4.71. The monoisotopic (exact) mass is 391 g/mol. The van der Waals surface area contributed by atoms with Crippen LogP contribution in [0.3, 0.4) is 0 Å². The zero-order valence-corrected chi connectivity index (χ0v) is 15.6. The lowest BCUT2D eigenvalue weighted by molar-refractivity contribution is 0.0922. The van der Waals surface area contributed by atoms with E-state index in [0.29, 0.717) is 15.7 Å². The summed E-state index contributed by atoms with van der Waals surface area (Å²) in [5, 5.41) is 6.52. The van der Waals surface area contributed by atoms with Crippen molar-refractivity contribution in [2.45, 2.75) is 38.1 Å². The minimum Gasteiger partial charge on any atom is -0.348 e. The zero-order valence-electron chi connectivity index (χ0n) is 14.1. The highest BCUT2D eigenvalue weighted by Gasteiger charge is 2.18. The Kier molecular flexibility index (Phi) is 6.12. The maximum absolute atomic E-state index is 12.4. The van der Waals surface area contributed by atoms with Gasteiger partial charge in [-0.1, -0.05) is 48.5 Å². The van der Waals surface area contributed by atoms with Gasteiger partial charge in [-0.15, -0.1) is 0 Å². The van der Waals surface area contributed by atoms with Crippen LogP contribution in [0.5, 0.6) is 0 Å². The zero-order chi connectivity index (χ0) is 18.5. The first-order chi connectivity index (χ1) is 12.5. The van der Waals surface area contributed by atoms with Crippen LogP contribution in [-0.2, 0) is 0 Å². The van der Waals surface area contributed by atoms with Crippen LogP contribution in [0.25, 0.3) is 0 Å². The number of hydrogen-bond acceptors (Lipinski definition) is 3.